The van der Waals surface area contributed by atoms with Crippen molar-refractivity contribution in [1.82, 2.24) is 5.32 Å². The molecule has 0 spiro atoms. The fourth-order valence-electron chi connectivity index (χ4n) is 2.62. The fourth-order valence-corrected chi connectivity index (χ4v) is 3.85. The Morgan fingerprint density at radius 1 is 1.05 bits per heavy atom. The first-order chi connectivity index (χ1) is 10.0. The summed E-state index contributed by atoms with van der Waals surface area (Å²) >= 11 is 1.85. The molecule has 0 unspecified atom stereocenters. The number of rotatable bonds is 4. The Labute approximate surface area is 125 Å². The summed E-state index contributed by atoms with van der Waals surface area (Å²) in [6, 6.07) is 7.59. The predicted octanol–water partition coefficient (Wildman–Crippen LogP) is 4.55. The minimum absolute atomic E-state index is 0.584. The monoisotopic (exact) mass is 311 g/mol. The van der Waals surface area contributed by atoms with Gasteiger partial charge < -0.3 is 5.32 Å². The van der Waals surface area contributed by atoms with Gasteiger partial charge >= 0.3 is 6.18 Å². The van der Waals surface area contributed by atoms with Gasteiger partial charge in [-0.2, -0.15) is 13.2 Å². The summed E-state index contributed by atoms with van der Waals surface area (Å²) in [5.74, 6) is 0. The molecule has 0 bridgehead atoms. The van der Waals surface area contributed by atoms with Gasteiger partial charge in [0.05, 0.1) is 5.56 Å². The highest BCUT2D eigenvalue weighted by Gasteiger charge is 2.29. The molecular weight excluding hydrogens is 295 g/mol. The zero-order valence-electron chi connectivity index (χ0n) is 11.5. The summed E-state index contributed by atoms with van der Waals surface area (Å²) in [7, 11) is 0. The molecule has 112 valence electrons. The second-order valence-corrected chi connectivity index (χ2v) is 6.53. The molecule has 0 fully saturated rings. The van der Waals surface area contributed by atoms with E-state index in [4.69, 9.17) is 0 Å². The Hall–Kier alpha value is -1.33. The van der Waals surface area contributed by atoms with Crippen LogP contribution in [0.1, 0.15) is 32.9 Å². The van der Waals surface area contributed by atoms with E-state index in [2.05, 4.69) is 11.4 Å². The summed E-state index contributed by atoms with van der Waals surface area (Å²) in [6.45, 7) is 1.36. The number of benzene rings is 1. The van der Waals surface area contributed by atoms with Gasteiger partial charge in [0.1, 0.15) is 0 Å². The molecule has 1 N–H and O–H groups in total. The van der Waals surface area contributed by atoms with Crippen molar-refractivity contribution in [1.29, 1.82) is 0 Å². The van der Waals surface area contributed by atoms with Crippen LogP contribution in [-0.2, 0) is 32.1 Å². The molecule has 0 amide bonds. The quantitative estimate of drug-likeness (QED) is 0.874. The van der Waals surface area contributed by atoms with Crippen LogP contribution in [0, 0.1) is 0 Å². The highest BCUT2D eigenvalue weighted by molar-refractivity contribution is 7.12. The third-order valence-corrected chi connectivity index (χ3v) is 4.94. The highest BCUT2D eigenvalue weighted by Crippen LogP contribution is 2.31. The molecule has 0 saturated carbocycles. The first-order valence-corrected chi connectivity index (χ1v) is 7.81. The summed E-state index contributed by atoms with van der Waals surface area (Å²) in [5, 5.41) is 3.29. The van der Waals surface area contributed by atoms with E-state index in [1.807, 2.05) is 11.3 Å². The molecule has 0 saturated heterocycles. The lowest BCUT2D eigenvalue weighted by Crippen LogP contribution is -2.12. The molecule has 1 aliphatic rings. The Kier molecular flexibility index (Phi) is 4.04. The molecule has 1 aromatic carbocycles. The Morgan fingerprint density at radius 2 is 1.81 bits per heavy atom. The lowest BCUT2D eigenvalue weighted by Gasteiger charge is -2.08. The van der Waals surface area contributed by atoms with Crippen molar-refractivity contribution < 1.29 is 13.2 Å². The predicted molar refractivity (Wildman–Crippen MR) is 78.3 cm³/mol. The van der Waals surface area contributed by atoms with Crippen molar-refractivity contribution in [3.63, 3.8) is 0 Å². The molecule has 1 aliphatic carbocycles. The third-order valence-electron chi connectivity index (χ3n) is 3.71. The van der Waals surface area contributed by atoms with E-state index in [0.717, 1.165) is 24.2 Å². The number of hydrogen-bond donors (Lipinski definition) is 1. The van der Waals surface area contributed by atoms with Crippen LogP contribution in [0.4, 0.5) is 13.2 Å². The van der Waals surface area contributed by atoms with Gasteiger partial charge in [-0.05, 0) is 48.6 Å². The maximum Gasteiger partial charge on any atom is 0.416 e. The van der Waals surface area contributed by atoms with Crippen molar-refractivity contribution >= 4 is 11.3 Å². The average Bonchev–Trinajstić information content (AvgIpc) is 2.99. The number of hydrogen-bond acceptors (Lipinski definition) is 2. The van der Waals surface area contributed by atoms with E-state index >= 15 is 0 Å². The molecule has 3 rings (SSSR count). The minimum atomic E-state index is -4.26. The second kappa shape index (κ2) is 5.81. The molecule has 0 aliphatic heterocycles. The van der Waals surface area contributed by atoms with Gasteiger partial charge in [-0.15, -0.1) is 11.3 Å². The normalized spacial score (nSPS) is 14.4. The van der Waals surface area contributed by atoms with E-state index < -0.39 is 11.7 Å². The molecule has 1 heterocycles. The maximum absolute atomic E-state index is 12.5. The van der Waals surface area contributed by atoms with Gasteiger partial charge in [0.2, 0.25) is 0 Å². The molecule has 1 aromatic heterocycles. The minimum Gasteiger partial charge on any atom is -0.308 e. The van der Waals surface area contributed by atoms with Crippen LogP contribution in [0.25, 0.3) is 0 Å². The van der Waals surface area contributed by atoms with Crippen molar-refractivity contribution in [2.24, 2.45) is 0 Å². The van der Waals surface area contributed by atoms with Crippen LogP contribution < -0.4 is 5.32 Å². The van der Waals surface area contributed by atoms with Gasteiger partial charge in [0, 0.05) is 22.8 Å². The number of thiophene rings is 1. The van der Waals surface area contributed by atoms with Crippen LogP contribution in [0.5, 0.6) is 0 Å². The highest BCUT2D eigenvalue weighted by atomic mass is 32.1. The SMILES string of the molecule is FC(F)(F)c1ccc(CNCc2cc3c(s2)CCC3)cc1. The van der Waals surface area contributed by atoms with Crippen LogP contribution in [-0.4, -0.2) is 0 Å². The topological polar surface area (TPSA) is 12.0 Å². The molecule has 21 heavy (non-hydrogen) atoms. The van der Waals surface area contributed by atoms with Crippen LogP contribution in [0.2, 0.25) is 0 Å². The van der Waals surface area contributed by atoms with Gasteiger partial charge in [0.25, 0.3) is 0 Å². The Bertz CT molecular complexity index is 592. The summed E-state index contributed by atoms with van der Waals surface area (Å²) in [6.07, 6.45) is -0.617. The molecule has 0 atom stereocenters. The molecular formula is C16H16F3NS. The zero-order valence-corrected chi connectivity index (χ0v) is 12.3. The van der Waals surface area contributed by atoms with Crippen LogP contribution >= 0.6 is 11.3 Å². The fraction of sp³-hybridized carbons (Fsp3) is 0.375. The van der Waals surface area contributed by atoms with Crippen molar-refractivity contribution in [3.8, 4) is 0 Å². The Balaban J connectivity index is 1.53. The van der Waals surface area contributed by atoms with Crippen molar-refractivity contribution in [2.75, 3.05) is 0 Å². The maximum atomic E-state index is 12.5. The van der Waals surface area contributed by atoms with E-state index in [-0.39, 0.29) is 0 Å². The summed E-state index contributed by atoms with van der Waals surface area (Å²) < 4.78 is 37.4. The molecule has 1 nitrogen and oxygen atoms in total. The van der Waals surface area contributed by atoms with Crippen LogP contribution in [0.15, 0.2) is 30.3 Å². The van der Waals surface area contributed by atoms with Gasteiger partial charge in [-0.1, -0.05) is 12.1 Å². The van der Waals surface area contributed by atoms with Gasteiger partial charge in [0.15, 0.2) is 0 Å². The number of alkyl halides is 3. The first kappa shape index (κ1) is 14.6. The van der Waals surface area contributed by atoms with Crippen molar-refractivity contribution in [3.05, 3.63) is 56.8 Å². The van der Waals surface area contributed by atoms with Gasteiger partial charge in [-0.25, -0.2) is 0 Å². The van der Waals surface area contributed by atoms with E-state index in [1.165, 1.54) is 46.7 Å². The lowest BCUT2D eigenvalue weighted by atomic mass is 10.1. The van der Waals surface area contributed by atoms with E-state index in [9.17, 15) is 13.2 Å². The largest absolute Gasteiger partial charge is 0.416 e. The third kappa shape index (κ3) is 3.47. The van der Waals surface area contributed by atoms with E-state index in [0.29, 0.717) is 6.54 Å². The average molecular weight is 311 g/mol. The number of halogens is 3. The number of aryl methyl sites for hydroxylation is 2. The summed E-state index contributed by atoms with van der Waals surface area (Å²) in [4.78, 5) is 2.81. The molecule has 2 aromatic rings. The Morgan fingerprint density at radius 3 is 2.48 bits per heavy atom. The second-order valence-electron chi connectivity index (χ2n) is 5.31. The number of fused-ring (bicyclic) bond motifs is 1. The molecule has 0 radical (unpaired) electrons. The lowest BCUT2D eigenvalue weighted by molar-refractivity contribution is -0.137. The summed E-state index contributed by atoms with van der Waals surface area (Å²) in [5.41, 5.74) is 1.75. The number of nitrogens with one attached hydrogen (secondary N) is 1. The standard InChI is InChI=1S/C16H16F3NS/c17-16(18,19)13-6-4-11(5-7-13)9-20-10-14-8-12-2-1-3-15(12)21-14/h4-8,20H,1-3,9-10H2. The van der Waals surface area contributed by atoms with Crippen molar-refractivity contribution in [2.45, 2.75) is 38.5 Å². The smallest absolute Gasteiger partial charge is 0.308 e. The van der Waals surface area contributed by atoms with E-state index in [1.54, 1.807) is 0 Å². The van der Waals surface area contributed by atoms with Crippen LogP contribution in [0.3, 0.4) is 0 Å². The van der Waals surface area contributed by atoms with Gasteiger partial charge in [-0.3, -0.25) is 0 Å². The first-order valence-electron chi connectivity index (χ1n) is 7.00. The zero-order chi connectivity index (χ0) is 14.9. The molecule has 5 heteroatoms.